The number of aromatic amines is 1. The predicted octanol–water partition coefficient (Wildman–Crippen LogP) is 1.76. The van der Waals surface area contributed by atoms with Gasteiger partial charge in [0.15, 0.2) is 5.65 Å². The van der Waals surface area contributed by atoms with E-state index in [2.05, 4.69) is 44.2 Å². The van der Waals surface area contributed by atoms with Gasteiger partial charge in [-0.15, -0.1) is 0 Å². The molecule has 0 spiro atoms. The molecule has 2 aromatic heterocycles. The van der Waals surface area contributed by atoms with E-state index in [-0.39, 0.29) is 5.28 Å². The van der Waals surface area contributed by atoms with Crippen molar-refractivity contribution in [1.82, 2.24) is 25.1 Å². The molecule has 0 fully saturated rings. The molecular formula is C11H17ClN6. The summed E-state index contributed by atoms with van der Waals surface area (Å²) in [5, 5.41) is 11.1. The second-order valence-corrected chi connectivity index (χ2v) is 4.27. The van der Waals surface area contributed by atoms with Gasteiger partial charge in [-0.3, -0.25) is 5.10 Å². The van der Waals surface area contributed by atoms with Crippen LogP contribution in [0.15, 0.2) is 6.20 Å². The van der Waals surface area contributed by atoms with Crippen molar-refractivity contribution in [2.45, 2.75) is 13.8 Å². The van der Waals surface area contributed by atoms with Crippen LogP contribution >= 0.6 is 11.6 Å². The topological polar surface area (TPSA) is 69.7 Å². The van der Waals surface area contributed by atoms with Gasteiger partial charge in [0.25, 0.3) is 0 Å². The van der Waals surface area contributed by atoms with Crippen LogP contribution in [0.2, 0.25) is 5.28 Å². The molecule has 0 amide bonds. The number of hydrogen-bond acceptors (Lipinski definition) is 5. The lowest BCUT2D eigenvalue weighted by Gasteiger charge is -2.18. The number of halogens is 1. The first-order valence-electron chi connectivity index (χ1n) is 6.07. The Kier molecular flexibility index (Phi) is 4.33. The summed E-state index contributed by atoms with van der Waals surface area (Å²) in [5.74, 6) is 0.728. The number of likely N-dealkylation sites (N-methyl/N-ethyl adjacent to an activating group) is 1. The minimum Gasteiger partial charge on any atom is -0.368 e. The maximum absolute atomic E-state index is 5.86. The van der Waals surface area contributed by atoms with E-state index in [1.807, 2.05) is 0 Å². The number of aromatic nitrogens is 4. The lowest BCUT2D eigenvalue weighted by Crippen LogP contribution is -2.28. The average molecular weight is 269 g/mol. The van der Waals surface area contributed by atoms with Crippen LogP contribution in [0.1, 0.15) is 13.8 Å². The summed E-state index contributed by atoms with van der Waals surface area (Å²) in [7, 11) is 0. The second-order valence-electron chi connectivity index (χ2n) is 3.93. The highest BCUT2D eigenvalue weighted by molar-refractivity contribution is 6.28. The van der Waals surface area contributed by atoms with Crippen LogP contribution in [-0.2, 0) is 0 Å². The minimum absolute atomic E-state index is 0.220. The predicted molar refractivity (Wildman–Crippen MR) is 73.0 cm³/mol. The van der Waals surface area contributed by atoms with Crippen molar-refractivity contribution >= 4 is 28.5 Å². The first kappa shape index (κ1) is 13.0. The maximum Gasteiger partial charge on any atom is 0.226 e. The summed E-state index contributed by atoms with van der Waals surface area (Å²) in [5.41, 5.74) is 0.653. The third kappa shape index (κ3) is 2.88. The number of rotatable bonds is 6. The van der Waals surface area contributed by atoms with E-state index in [1.54, 1.807) is 6.20 Å². The molecule has 0 saturated carbocycles. The summed E-state index contributed by atoms with van der Waals surface area (Å²) < 4.78 is 0. The van der Waals surface area contributed by atoms with Gasteiger partial charge in [0.1, 0.15) is 5.82 Å². The number of nitrogens with one attached hydrogen (secondary N) is 2. The van der Waals surface area contributed by atoms with Gasteiger partial charge in [0.2, 0.25) is 5.28 Å². The quantitative estimate of drug-likeness (QED) is 0.782. The van der Waals surface area contributed by atoms with Crippen LogP contribution < -0.4 is 5.32 Å². The molecule has 7 heteroatoms. The number of anilines is 1. The summed E-state index contributed by atoms with van der Waals surface area (Å²) in [6, 6.07) is 0. The molecule has 0 bridgehead atoms. The van der Waals surface area contributed by atoms with E-state index in [0.29, 0.717) is 5.65 Å². The third-order valence-electron chi connectivity index (χ3n) is 2.90. The smallest absolute Gasteiger partial charge is 0.226 e. The zero-order valence-corrected chi connectivity index (χ0v) is 11.3. The van der Waals surface area contributed by atoms with Crippen LogP contribution in [-0.4, -0.2) is 51.2 Å². The van der Waals surface area contributed by atoms with Crippen LogP contribution in [0.4, 0.5) is 5.82 Å². The van der Waals surface area contributed by atoms with Crippen molar-refractivity contribution in [2.75, 3.05) is 31.5 Å². The number of fused-ring (bicyclic) bond motifs is 1. The van der Waals surface area contributed by atoms with Gasteiger partial charge in [0.05, 0.1) is 11.6 Å². The van der Waals surface area contributed by atoms with E-state index in [0.717, 1.165) is 37.4 Å². The summed E-state index contributed by atoms with van der Waals surface area (Å²) >= 11 is 5.86. The molecule has 2 rings (SSSR count). The van der Waals surface area contributed by atoms with Crippen LogP contribution in [0.5, 0.6) is 0 Å². The van der Waals surface area contributed by atoms with E-state index in [1.165, 1.54) is 0 Å². The van der Waals surface area contributed by atoms with Crippen molar-refractivity contribution in [3.63, 3.8) is 0 Å². The first-order valence-corrected chi connectivity index (χ1v) is 6.45. The van der Waals surface area contributed by atoms with Gasteiger partial charge in [-0.25, -0.2) is 0 Å². The molecule has 18 heavy (non-hydrogen) atoms. The Hall–Kier alpha value is -1.40. The standard InChI is InChI=1S/C11H17ClN6/c1-3-18(4-2)6-5-13-9-8-7-14-17-10(8)16-11(12)15-9/h7H,3-6H2,1-2H3,(H2,13,14,15,16,17). The SMILES string of the molecule is CCN(CC)CCNc1nc(Cl)nc2[nH]ncc12. The van der Waals surface area contributed by atoms with Gasteiger partial charge < -0.3 is 10.2 Å². The molecule has 0 aliphatic carbocycles. The fourth-order valence-electron chi connectivity index (χ4n) is 1.81. The molecule has 0 aliphatic heterocycles. The molecule has 0 radical (unpaired) electrons. The van der Waals surface area contributed by atoms with Crippen molar-refractivity contribution in [2.24, 2.45) is 0 Å². The molecule has 98 valence electrons. The minimum atomic E-state index is 0.220. The van der Waals surface area contributed by atoms with Crippen molar-refractivity contribution in [3.8, 4) is 0 Å². The van der Waals surface area contributed by atoms with Gasteiger partial charge in [-0.1, -0.05) is 13.8 Å². The second kappa shape index (κ2) is 5.97. The van der Waals surface area contributed by atoms with Crippen LogP contribution in [0, 0.1) is 0 Å². The highest BCUT2D eigenvalue weighted by Crippen LogP contribution is 2.19. The molecule has 2 N–H and O–H groups in total. The summed E-state index contributed by atoms with van der Waals surface area (Å²) in [6.07, 6.45) is 1.70. The first-order chi connectivity index (χ1) is 8.74. The molecule has 0 saturated heterocycles. The maximum atomic E-state index is 5.86. The van der Waals surface area contributed by atoms with Gasteiger partial charge >= 0.3 is 0 Å². The van der Waals surface area contributed by atoms with E-state index in [4.69, 9.17) is 11.6 Å². The molecule has 0 unspecified atom stereocenters. The van der Waals surface area contributed by atoms with E-state index in [9.17, 15) is 0 Å². The van der Waals surface area contributed by atoms with E-state index >= 15 is 0 Å². The van der Waals surface area contributed by atoms with E-state index < -0.39 is 0 Å². The average Bonchev–Trinajstić information content (AvgIpc) is 2.82. The zero-order valence-electron chi connectivity index (χ0n) is 10.6. The van der Waals surface area contributed by atoms with Crippen LogP contribution in [0.3, 0.4) is 0 Å². The number of hydrogen-bond donors (Lipinski definition) is 2. The van der Waals surface area contributed by atoms with Gasteiger partial charge in [-0.05, 0) is 24.7 Å². The monoisotopic (exact) mass is 268 g/mol. The highest BCUT2D eigenvalue weighted by atomic mass is 35.5. The fraction of sp³-hybridized carbons (Fsp3) is 0.545. The molecule has 6 nitrogen and oxygen atoms in total. The number of nitrogens with zero attached hydrogens (tertiary/aromatic N) is 4. The Morgan fingerprint density at radius 2 is 2.11 bits per heavy atom. The fourth-order valence-corrected chi connectivity index (χ4v) is 1.98. The molecule has 0 atom stereocenters. The lowest BCUT2D eigenvalue weighted by atomic mass is 10.4. The molecule has 2 heterocycles. The molecular weight excluding hydrogens is 252 g/mol. The summed E-state index contributed by atoms with van der Waals surface area (Å²) in [4.78, 5) is 10.6. The Morgan fingerprint density at radius 1 is 1.33 bits per heavy atom. The lowest BCUT2D eigenvalue weighted by molar-refractivity contribution is 0.316. The molecule has 2 aromatic rings. The Labute approximate surface area is 111 Å². The van der Waals surface area contributed by atoms with Gasteiger partial charge in [0, 0.05) is 13.1 Å². The van der Waals surface area contributed by atoms with Crippen LogP contribution in [0.25, 0.3) is 11.0 Å². The Balaban J connectivity index is 2.05. The number of H-pyrrole nitrogens is 1. The molecule has 0 aromatic carbocycles. The van der Waals surface area contributed by atoms with Crippen molar-refractivity contribution in [3.05, 3.63) is 11.5 Å². The molecule has 0 aliphatic rings. The van der Waals surface area contributed by atoms with Crippen molar-refractivity contribution < 1.29 is 0 Å². The van der Waals surface area contributed by atoms with Gasteiger partial charge in [-0.2, -0.15) is 15.1 Å². The summed E-state index contributed by atoms with van der Waals surface area (Å²) in [6.45, 7) is 8.18. The Morgan fingerprint density at radius 3 is 2.83 bits per heavy atom. The zero-order chi connectivity index (χ0) is 13.0. The largest absolute Gasteiger partial charge is 0.368 e. The Bertz CT molecular complexity index is 507. The normalized spacial score (nSPS) is 11.3. The van der Waals surface area contributed by atoms with Crippen molar-refractivity contribution in [1.29, 1.82) is 0 Å². The highest BCUT2D eigenvalue weighted by Gasteiger charge is 2.08. The third-order valence-corrected chi connectivity index (χ3v) is 3.07.